The first-order valence-electron chi connectivity index (χ1n) is 8.17. The number of hydrogen-bond donors (Lipinski definition) is 1. The highest BCUT2D eigenvalue weighted by Gasteiger charge is 2.30. The topological polar surface area (TPSA) is 51.0 Å². The normalized spacial score (nSPS) is 11.7. The maximum Gasteiger partial charge on any atom is 0.416 e. The Morgan fingerprint density at radius 2 is 1.81 bits per heavy atom. The highest BCUT2D eigenvalue weighted by Crippen LogP contribution is 2.33. The largest absolute Gasteiger partial charge is 0.461 e. The number of rotatable bonds is 3. The summed E-state index contributed by atoms with van der Waals surface area (Å²) in [5.74, 6) is 1.24. The van der Waals surface area contributed by atoms with E-state index in [0.29, 0.717) is 28.3 Å². The number of aryl methyl sites for hydroxylation is 1. The van der Waals surface area contributed by atoms with Gasteiger partial charge in [0.2, 0.25) is 0 Å². The fourth-order valence-electron chi connectivity index (χ4n) is 2.76. The number of alkyl halides is 3. The second-order valence-electron chi connectivity index (χ2n) is 6.10. The van der Waals surface area contributed by atoms with Gasteiger partial charge in [0.05, 0.1) is 17.3 Å². The number of hydrogen-bond acceptors (Lipinski definition) is 4. The highest BCUT2D eigenvalue weighted by molar-refractivity contribution is 5.92. The molecular weight excluding hydrogens is 355 g/mol. The molecule has 0 spiro atoms. The molecule has 0 bridgehead atoms. The average molecular weight is 369 g/mol. The minimum absolute atomic E-state index is 0.289. The molecule has 0 aliphatic carbocycles. The van der Waals surface area contributed by atoms with Gasteiger partial charge in [0.15, 0.2) is 11.6 Å². The predicted octanol–water partition coefficient (Wildman–Crippen LogP) is 5.96. The maximum absolute atomic E-state index is 13.0. The van der Waals surface area contributed by atoms with E-state index in [1.165, 1.54) is 12.3 Å². The van der Waals surface area contributed by atoms with Crippen LogP contribution in [0.4, 0.5) is 24.7 Å². The number of halogens is 3. The Balaban J connectivity index is 1.84. The van der Waals surface area contributed by atoms with E-state index in [1.54, 1.807) is 18.2 Å². The van der Waals surface area contributed by atoms with Crippen LogP contribution in [0.5, 0.6) is 0 Å². The van der Waals surface area contributed by atoms with Gasteiger partial charge in [-0.15, -0.1) is 0 Å². The zero-order valence-electron chi connectivity index (χ0n) is 14.2. The number of nitrogens with one attached hydrogen (secondary N) is 1. The van der Waals surface area contributed by atoms with E-state index in [9.17, 15) is 13.2 Å². The standard InChI is InChI=1S/C20H14F3N3O/c1-12-7-8-16-15(10-12)18(26-19(25-16)17-6-3-9-27-17)24-14-5-2-4-13(11-14)20(21,22)23/h2-11H,1H3,(H,24,25,26). The average Bonchev–Trinajstić information content (AvgIpc) is 3.16. The quantitative estimate of drug-likeness (QED) is 0.484. The Hall–Kier alpha value is -3.35. The third-order valence-corrected chi connectivity index (χ3v) is 4.05. The smallest absolute Gasteiger partial charge is 0.416 e. The molecule has 2 aromatic carbocycles. The van der Waals surface area contributed by atoms with Crippen molar-refractivity contribution in [2.24, 2.45) is 0 Å². The number of anilines is 2. The van der Waals surface area contributed by atoms with E-state index in [0.717, 1.165) is 17.7 Å². The van der Waals surface area contributed by atoms with Gasteiger partial charge in [0.25, 0.3) is 0 Å². The first-order valence-corrected chi connectivity index (χ1v) is 8.17. The van der Waals surface area contributed by atoms with Crippen LogP contribution in [0, 0.1) is 6.92 Å². The number of benzene rings is 2. The third kappa shape index (κ3) is 3.48. The number of aromatic nitrogens is 2. The molecule has 0 amide bonds. The molecule has 0 saturated carbocycles. The lowest BCUT2D eigenvalue weighted by molar-refractivity contribution is -0.137. The van der Waals surface area contributed by atoms with Gasteiger partial charge in [-0.05, 0) is 49.4 Å². The molecule has 4 rings (SSSR count). The summed E-state index contributed by atoms with van der Waals surface area (Å²) in [6.45, 7) is 1.92. The SMILES string of the molecule is Cc1ccc2nc(-c3ccco3)nc(Nc3cccc(C(F)(F)F)c3)c2c1. The van der Waals surface area contributed by atoms with Crippen molar-refractivity contribution < 1.29 is 17.6 Å². The summed E-state index contributed by atoms with van der Waals surface area (Å²) in [5.41, 5.74) is 1.21. The van der Waals surface area contributed by atoms with Crippen molar-refractivity contribution in [1.82, 2.24) is 9.97 Å². The van der Waals surface area contributed by atoms with Crippen molar-refractivity contribution >= 4 is 22.4 Å². The van der Waals surface area contributed by atoms with Gasteiger partial charge >= 0.3 is 6.18 Å². The first-order chi connectivity index (χ1) is 12.9. The maximum atomic E-state index is 13.0. The number of furan rings is 1. The van der Waals surface area contributed by atoms with E-state index < -0.39 is 11.7 Å². The summed E-state index contributed by atoms with van der Waals surface area (Å²) in [6, 6.07) is 14.1. The number of nitrogens with zero attached hydrogens (tertiary/aromatic N) is 2. The van der Waals surface area contributed by atoms with Crippen LogP contribution in [0.2, 0.25) is 0 Å². The van der Waals surface area contributed by atoms with Crippen molar-refractivity contribution in [2.75, 3.05) is 5.32 Å². The second-order valence-corrected chi connectivity index (χ2v) is 6.10. The fraction of sp³-hybridized carbons (Fsp3) is 0.100. The van der Waals surface area contributed by atoms with Gasteiger partial charge in [-0.3, -0.25) is 0 Å². The lowest BCUT2D eigenvalue weighted by Gasteiger charge is -2.13. The van der Waals surface area contributed by atoms with Crippen LogP contribution >= 0.6 is 0 Å². The summed E-state index contributed by atoms with van der Waals surface area (Å²) >= 11 is 0. The Morgan fingerprint density at radius 3 is 2.56 bits per heavy atom. The molecule has 136 valence electrons. The minimum Gasteiger partial charge on any atom is -0.461 e. The van der Waals surface area contributed by atoms with Crippen LogP contribution in [0.3, 0.4) is 0 Å². The van der Waals surface area contributed by atoms with E-state index in [4.69, 9.17) is 4.42 Å². The second kappa shape index (κ2) is 6.42. The summed E-state index contributed by atoms with van der Waals surface area (Å²) in [4.78, 5) is 8.97. The van der Waals surface area contributed by atoms with Gasteiger partial charge in [-0.25, -0.2) is 9.97 Å². The molecule has 0 atom stereocenters. The van der Waals surface area contributed by atoms with E-state index in [1.807, 2.05) is 25.1 Å². The molecule has 0 unspecified atom stereocenters. The summed E-state index contributed by atoms with van der Waals surface area (Å²) in [7, 11) is 0. The Bertz CT molecular complexity index is 1110. The van der Waals surface area contributed by atoms with E-state index in [-0.39, 0.29) is 5.69 Å². The highest BCUT2D eigenvalue weighted by atomic mass is 19.4. The van der Waals surface area contributed by atoms with Crippen molar-refractivity contribution in [2.45, 2.75) is 13.1 Å². The monoisotopic (exact) mass is 369 g/mol. The molecule has 0 aliphatic heterocycles. The van der Waals surface area contributed by atoms with Gasteiger partial charge in [0, 0.05) is 11.1 Å². The number of fused-ring (bicyclic) bond motifs is 1. The van der Waals surface area contributed by atoms with Crippen LogP contribution in [0.15, 0.2) is 65.3 Å². The lowest BCUT2D eigenvalue weighted by atomic mass is 10.1. The molecule has 2 heterocycles. The zero-order valence-corrected chi connectivity index (χ0v) is 14.2. The first kappa shape index (κ1) is 17.1. The lowest BCUT2D eigenvalue weighted by Crippen LogP contribution is -2.06. The predicted molar refractivity (Wildman–Crippen MR) is 96.7 cm³/mol. The Morgan fingerprint density at radius 1 is 0.963 bits per heavy atom. The molecule has 0 radical (unpaired) electrons. The van der Waals surface area contributed by atoms with Crippen molar-refractivity contribution in [3.8, 4) is 11.6 Å². The van der Waals surface area contributed by atoms with Crippen molar-refractivity contribution in [3.05, 3.63) is 72.0 Å². The van der Waals surface area contributed by atoms with Gasteiger partial charge in [0.1, 0.15) is 5.82 Å². The molecule has 0 aliphatic rings. The minimum atomic E-state index is -4.42. The van der Waals surface area contributed by atoms with E-state index >= 15 is 0 Å². The van der Waals surface area contributed by atoms with Crippen LogP contribution in [-0.4, -0.2) is 9.97 Å². The van der Waals surface area contributed by atoms with Gasteiger partial charge in [-0.1, -0.05) is 17.7 Å². The molecule has 2 aromatic heterocycles. The molecule has 27 heavy (non-hydrogen) atoms. The summed E-state index contributed by atoms with van der Waals surface area (Å²) in [6.07, 6.45) is -2.90. The molecule has 0 saturated heterocycles. The molecule has 1 N–H and O–H groups in total. The molecule has 4 nitrogen and oxygen atoms in total. The molecule has 0 fully saturated rings. The molecule has 4 aromatic rings. The van der Waals surface area contributed by atoms with Gasteiger partial charge in [-0.2, -0.15) is 13.2 Å². The zero-order chi connectivity index (χ0) is 19.0. The molecule has 7 heteroatoms. The van der Waals surface area contributed by atoms with Crippen LogP contribution < -0.4 is 5.32 Å². The fourth-order valence-corrected chi connectivity index (χ4v) is 2.76. The molecular formula is C20H14F3N3O. The summed E-state index contributed by atoms with van der Waals surface area (Å²) in [5, 5.41) is 3.71. The van der Waals surface area contributed by atoms with Gasteiger partial charge < -0.3 is 9.73 Å². The van der Waals surface area contributed by atoms with Crippen LogP contribution in [0.25, 0.3) is 22.5 Å². The van der Waals surface area contributed by atoms with Crippen LogP contribution in [0.1, 0.15) is 11.1 Å². The Kier molecular flexibility index (Phi) is 4.07. The summed E-state index contributed by atoms with van der Waals surface area (Å²) < 4.78 is 44.3. The van der Waals surface area contributed by atoms with E-state index in [2.05, 4.69) is 15.3 Å². The van der Waals surface area contributed by atoms with Crippen molar-refractivity contribution in [1.29, 1.82) is 0 Å². The van der Waals surface area contributed by atoms with Crippen LogP contribution in [-0.2, 0) is 6.18 Å². The van der Waals surface area contributed by atoms with Crippen molar-refractivity contribution in [3.63, 3.8) is 0 Å². The third-order valence-electron chi connectivity index (χ3n) is 4.05. The Labute approximate surface area is 152 Å².